The molecule has 0 aromatic heterocycles. The number of anilines is 1. The van der Waals surface area contributed by atoms with Gasteiger partial charge in [0.25, 0.3) is 5.91 Å². The standard InChI is InChI=1S/C24H31Cl2N7O2/c1-33-10-8-15(9-11-33)28-13-16(12-27)30-24-29-14-18(23(32-24)35-17-4-2-5-17)22(34)31-21-19(25)6-3-7-20(21)26/h3,6-7,12-13,15,17H,2,4-5,8-11,14,27H2,1H3,(H,31,34)(H2,29,30,32)/b16-12+,28-13?. The average molecular weight is 520 g/mol. The van der Waals surface area contributed by atoms with E-state index in [-0.39, 0.29) is 24.6 Å². The molecule has 1 saturated carbocycles. The molecule has 0 atom stereocenters. The first-order valence-electron chi connectivity index (χ1n) is 11.8. The van der Waals surface area contributed by atoms with E-state index in [4.69, 9.17) is 33.7 Å². The van der Waals surface area contributed by atoms with Gasteiger partial charge in [0.15, 0.2) is 0 Å². The van der Waals surface area contributed by atoms with Crippen molar-refractivity contribution in [1.82, 2.24) is 15.5 Å². The minimum atomic E-state index is -0.386. The summed E-state index contributed by atoms with van der Waals surface area (Å²) in [5.41, 5.74) is 7.14. The Morgan fingerprint density at radius 2 is 1.94 bits per heavy atom. The highest BCUT2D eigenvalue weighted by Gasteiger charge is 2.28. The maximum absolute atomic E-state index is 13.1. The number of aliphatic imine (C=N–C) groups is 2. The Labute approximate surface area is 215 Å². The summed E-state index contributed by atoms with van der Waals surface area (Å²) in [6, 6.07) is 5.31. The highest BCUT2D eigenvalue weighted by Crippen LogP contribution is 2.31. The van der Waals surface area contributed by atoms with Gasteiger partial charge < -0.3 is 26.0 Å². The zero-order valence-corrected chi connectivity index (χ0v) is 21.2. The number of amides is 1. The number of hydrogen-bond donors (Lipinski definition) is 4. The third-order valence-electron chi connectivity index (χ3n) is 6.27. The van der Waals surface area contributed by atoms with Gasteiger partial charge in [-0.3, -0.25) is 15.1 Å². The molecule has 0 bridgehead atoms. The van der Waals surface area contributed by atoms with Crippen LogP contribution in [0.2, 0.25) is 10.0 Å². The SMILES string of the molecule is CN1CCC(N=C/C(=C\N)NC2=NCC(C(=O)Nc3c(Cl)cccc3Cl)=C(OC3CCC3)N2)CC1. The minimum absolute atomic E-state index is 0.0547. The largest absolute Gasteiger partial charge is 0.475 e. The highest BCUT2D eigenvalue weighted by molar-refractivity contribution is 6.40. The van der Waals surface area contributed by atoms with Crippen LogP contribution in [0.15, 0.2) is 51.5 Å². The molecule has 0 radical (unpaired) electrons. The smallest absolute Gasteiger partial charge is 0.258 e. The van der Waals surface area contributed by atoms with Gasteiger partial charge in [-0.05, 0) is 64.4 Å². The van der Waals surface area contributed by atoms with Crippen LogP contribution in [0.1, 0.15) is 32.1 Å². The Bertz CT molecular complexity index is 1040. The van der Waals surface area contributed by atoms with Crippen molar-refractivity contribution in [2.45, 2.75) is 44.2 Å². The molecular formula is C24H31Cl2N7O2. The lowest BCUT2D eigenvalue weighted by molar-refractivity contribution is -0.113. The molecule has 2 aliphatic heterocycles. The summed E-state index contributed by atoms with van der Waals surface area (Å²) < 4.78 is 6.10. The number of rotatable bonds is 7. The number of halogens is 2. The second-order valence-corrected chi connectivity index (χ2v) is 9.69. The summed E-state index contributed by atoms with van der Waals surface area (Å²) in [6.45, 7) is 2.17. The molecule has 3 aliphatic rings. The molecule has 1 aromatic carbocycles. The van der Waals surface area contributed by atoms with Gasteiger partial charge in [-0.15, -0.1) is 0 Å². The molecule has 188 valence electrons. The van der Waals surface area contributed by atoms with Crippen LogP contribution in [0, 0.1) is 0 Å². The van der Waals surface area contributed by atoms with Crippen LogP contribution in [0.4, 0.5) is 5.69 Å². The first kappa shape index (κ1) is 25.3. The Morgan fingerprint density at radius 3 is 2.57 bits per heavy atom. The number of nitrogens with one attached hydrogen (secondary N) is 3. The molecule has 4 rings (SSSR count). The fourth-order valence-electron chi connectivity index (χ4n) is 3.84. The van der Waals surface area contributed by atoms with Gasteiger partial charge in [0.2, 0.25) is 11.8 Å². The summed E-state index contributed by atoms with van der Waals surface area (Å²) in [6.07, 6.45) is 8.24. The minimum Gasteiger partial charge on any atom is -0.475 e. The van der Waals surface area contributed by atoms with E-state index in [0.717, 1.165) is 45.2 Å². The van der Waals surface area contributed by atoms with Gasteiger partial charge in [-0.1, -0.05) is 29.3 Å². The zero-order chi connectivity index (χ0) is 24.8. The second-order valence-electron chi connectivity index (χ2n) is 8.88. The van der Waals surface area contributed by atoms with Crippen molar-refractivity contribution in [1.29, 1.82) is 0 Å². The Balaban J connectivity index is 1.44. The van der Waals surface area contributed by atoms with Crippen LogP contribution in [-0.4, -0.2) is 61.8 Å². The lowest BCUT2D eigenvalue weighted by Gasteiger charge is -2.31. The maximum Gasteiger partial charge on any atom is 0.258 e. The summed E-state index contributed by atoms with van der Waals surface area (Å²) >= 11 is 12.4. The van der Waals surface area contributed by atoms with Crippen LogP contribution in [0.25, 0.3) is 0 Å². The van der Waals surface area contributed by atoms with Gasteiger partial charge in [-0.25, -0.2) is 4.99 Å². The lowest BCUT2D eigenvalue weighted by Crippen LogP contribution is -2.43. The summed E-state index contributed by atoms with van der Waals surface area (Å²) in [7, 11) is 2.12. The first-order valence-corrected chi connectivity index (χ1v) is 12.6. The molecule has 5 N–H and O–H groups in total. The van der Waals surface area contributed by atoms with E-state index in [1.54, 1.807) is 24.4 Å². The van der Waals surface area contributed by atoms with E-state index in [1.807, 2.05) is 0 Å². The zero-order valence-electron chi connectivity index (χ0n) is 19.7. The molecule has 0 unspecified atom stereocenters. The van der Waals surface area contributed by atoms with Crippen LogP contribution >= 0.6 is 23.2 Å². The lowest BCUT2D eigenvalue weighted by atomic mass is 9.96. The van der Waals surface area contributed by atoms with Gasteiger partial charge in [0.05, 0.1) is 39.6 Å². The normalized spacial score (nSPS) is 20.3. The summed E-state index contributed by atoms with van der Waals surface area (Å²) in [4.78, 5) is 24.6. The predicted octanol–water partition coefficient (Wildman–Crippen LogP) is 3.23. The third kappa shape index (κ3) is 6.68. The maximum atomic E-state index is 13.1. The van der Waals surface area contributed by atoms with E-state index < -0.39 is 0 Å². The number of likely N-dealkylation sites (tertiary alicyclic amines) is 1. The topological polar surface area (TPSA) is 116 Å². The molecule has 1 aliphatic carbocycles. The third-order valence-corrected chi connectivity index (χ3v) is 6.90. The number of piperidine rings is 1. The molecule has 1 saturated heterocycles. The van der Waals surface area contributed by atoms with Crippen molar-refractivity contribution in [2.24, 2.45) is 15.7 Å². The number of nitrogens with zero attached hydrogens (tertiary/aromatic N) is 3. The van der Waals surface area contributed by atoms with E-state index in [1.165, 1.54) is 6.20 Å². The Kier molecular flexibility index (Phi) is 8.54. The molecule has 1 amide bonds. The molecular weight excluding hydrogens is 489 g/mol. The molecule has 0 spiro atoms. The van der Waals surface area contributed by atoms with E-state index in [2.05, 4.69) is 37.9 Å². The van der Waals surface area contributed by atoms with E-state index >= 15 is 0 Å². The number of benzene rings is 1. The molecule has 1 aromatic rings. The van der Waals surface area contributed by atoms with E-state index in [0.29, 0.717) is 38.8 Å². The molecule has 2 heterocycles. The monoisotopic (exact) mass is 519 g/mol. The Hall–Kier alpha value is -2.75. The number of hydrogen-bond acceptors (Lipinski definition) is 8. The number of carbonyl (C=O) groups excluding carboxylic acids is 1. The molecule has 9 nitrogen and oxygen atoms in total. The number of para-hydroxylation sites is 1. The van der Waals surface area contributed by atoms with Crippen molar-refractivity contribution >= 4 is 47.0 Å². The average Bonchev–Trinajstić information content (AvgIpc) is 2.82. The Morgan fingerprint density at radius 1 is 1.23 bits per heavy atom. The van der Waals surface area contributed by atoms with Crippen molar-refractivity contribution < 1.29 is 9.53 Å². The fourth-order valence-corrected chi connectivity index (χ4v) is 4.34. The summed E-state index contributed by atoms with van der Waals surface area (Å²) in [5.74, 6) is 0.401. The van der Waals surface area contributed by atoms with Crippen LogP contribution in [0.3, 0.4) is 0 Å². The number of carbonyl (C=O) groups is 1. The second kappa shape index (κ2) is 11.8. The highest BCUT2D eigenvalue weighted by atomic mass is 35.5. The van der Waals surface area contributed by atoms with Crippen molar-refractivity contribution in [3.8, 4) is 0 Å². The number of ether oxygens (including phenoxy) is 1. The first-order chi connectivity index (χ1) is 16.9. The molecule has 2 fully saturated rings. The predicted molar refractivity (Wildman–Crippen MR) is 141 cm³/mol. The van der Waals surface area contributed by atoms with E-state index in [9.17, 15) is 4.79 Å². The number of allylic oxidation sites excluding steroid dienone is 1. The van der Waals surface area contributed by atoms with Gasteiger partial charge in [0, 0.05) is 12.4 Å². The summed E-state index contributed by atoms with van der Waals surface area (Å²) in [5, 5.41) is 9.75. The van der Waals surface area contributed by atoms with Crippen molar-refractivity contribution in [2.75, 3.05) is 32.0 Å². The van der Waals surface area contributed by atoms with Gasteiger partial charge in [-0.2, -0.15) is 0 Å². The van der Waals surface area contributed by atoms with Crippen LogP contribution in [-0.2, 0) is 9.53 Å². The van der Waals surface area contributed by atoms with Gasteiger partial charge in [0.1, 0.15) is 6.10 Å². The number of guanidine groups is 1. The number of nitrogens with two attached hydrogens (primary N) is 1. The molecule has 11 heteroatoms. The van der Waals surface area contributed by atoms with Gasteiger partial charge >= 0.3 is 0 Å². The molecule has 35 heavy (non-hydrogen) atoms. The quantitative estimate of drug-likeness (QED) is 0.411. The van der Waals surface area contributed by atoms with Crippen molar-refractivity contribution in [3.05, 3.63) is 51.6 Å². The fraction of sp³-hybridized carbons (Fsp3) is 0.458. The van der Waals surface area contributed by atoms with Crippen LogP contribution in [0.5, 0.6) is 0 Å². The van der Waals surface area contributed by atoms with Crippen molar-refractivity contribution in [3.63, 3.8) is 0 Å². The van der Waals surface area contributed by atoms with Crippen LogP contribution < -0.4 is 21.7 Å².